The van der Waals surface area contributed by atoms with Crippen LogP contribution in [0.15, 0.2) is 72.8 Å². The molecule has 3 rings (SSSR count). The highest BCUT2D eigenvalue weighted by molar-refractivity contribution is 5.67. The number of carboxylic acids is 1. The molecule has 1 unspecified atom stereocenters. The Hall–Kier alpha value is -3.34. The molecule has 0 aliphatic heterocycles. The summed E-state index contributed by atoms with van der Waals surface area (Å²) < 4.78 is 26.2. The van der Waals surface area contributed by atoms with Crippen molar-refractivity contribution in [2.75, 3.05) is 0 Å². The smallest absolute Gasteiger partial charge is 0.303 e. The van der Waals surface area contributed by atoms with Crippen LogP contribution < -0.4 is 9.47 Å². The largest absolute Gasteiger partial charge is 0.483 e. The summed E-state index contributed by atoms with van der Waals surface area (Å²) in [7, 11) is 0. The van der Waals surface area contributed by atoms with Crippen molar-refractivity contribution in [3.63, 3.8) is 0 Å². The Kier molecular flexibility index (Phi) is 6.27. The van der Waals surface area contributed by atoms with E-state index < -0.39 is 17.9 Å². The van der Waals surface area contributed by atoms with E-state index in [1.165, 1.54) is 12.1 Å². The van der Waals surface area contributed by atoms with Crippen molar-refractivity contribution in [2.45, 2.75) is 25.9 Å². The lowest BCUT2D eigenvalue weighted by atomic mass is 10.1. The number of aryl methyl sites for hydroxylation is 1. The van der Waals surface area contributed by atoms with E-state index in [4.69, 9.17) is 14.6 Å². The minimum Gasteiger partial charge on any atom is -0.483 e. The molecule has 1 atom stereocenters. The summed E-state index contributed by atoms with van der Waals surface area (Å²) in [6, 6.07) is 21.4. The van der Waals surface area contributed by atoms with Gasteiger partial charge in [0.15, 0.2) is 11.6 Å². The second-order valence-corrected chi connectivity index (χ2v) is 6.37. The molecule has 0 bridgehead atoms. The van der Waals surface area contributed by atoms with Gasteiger partial charge in [0, 0.05) is 12.0 Å². The molecular formula is C23H21FO4. The monoisotopic (exact) mass is 380 g/mol. The van der Waals surface area contributed by atoms with Crippen LogP contribution in [0.5, 0.6) is 17.2 Å². The standard InChI is InChI=1S/C23H21FO4/c1-16(27-22-13-11-17(15-20(22)24)12-14-23(25)26)19-9-5-6-10-21(19)28-18-7-3-2-4-8-18/h2-11,13,15-16H,12,14H2,1H3,(H,25,26). The van der Waals surface area contributed by atoms with Crippen LogP contribution in [0, 0.1) is 5.82 Å². The predicted octanol–water partition coefficient (Wildman–Crippen LogP) is 5.78. The van der Waals surface area contributed by atoms with Crippen LogP contribution in [0.25, 0.3) is 0 Å². The number of hydrogen-bond acceptors (Lipinski definition) is 3. The first-order valence-electron chi connectivity index (χ1n) is 9.01. The molecule has 4 nitrogen and oxygen atoms in total. The van der Waals surface area contributed by atoms with Crippen molar-refractivity contribution in [1.82, 2.24) is 0 Å². The SMILES string of the molecule is CC(Oc1ccc(CCC(=O)O)cc1F)c1ccccc1Oc1ccccc1. The Morgan fingerprint density at radius 1 is 1.00 bits per heavy atom. The first-order valence-corrected chi connectivity index (χ1v) is 9.01. The van der Waals surface area contributed by atoms with Crippen molar-refractivity contribution in [1.29, 1.82) is 0 Å². The van der Waals surface area contributed by atoms with E-state index in [1.54, 1.807) is 6.07 Å². The summed E-state index contributed by atoms with van der Waals surface area (Å²) in [4.78, 5) is 10.7. The molecule has 0 aliphatic rings. The minimum atomic E-state index is -0.913. The Morgan fingerprint density at radius 3 is 2.43 bits per heavy atom. The molecular weight excluding hydrogens is 359 g/mol. The van der Waals surface area contributed by atoms with Gasteiger partial charge in [-0.25, -0.2) is 4.39 Å². The van der Waals surface area contributed by atoms with Gasteiger partial charge in [0.1, 0.15) is 17.6 Å². The van der Waals surface area contributed by atoms with Gasteiger partial charge in [-0.3, -0.25) is 4.79 Å². The Morgan fingerprint density at radius 2 is 1.71 bits per heavy atom. The van der Waals surface area contributed by atoms with Gasteiger partial charge in [-0.2, -0.15) is 0 Å². The Bertz CT molecular complexity index is 940. The molecule has 5 heteroatoms. The first kappa shape index (κ1) is 19.4. The van der Waals surface area contributed by atoms with Crippen LogP contribution in [0.2, 0.25) is 0 Å². The van der Waals surface area contributed by atoms with Crippen molar-refractivity contribution >= 4 is 5.97 Å². The number of hydrogen-bond donors (Lipinski definition) is 1. The average Bonchev–Trinajstić information content (AvgIpc) is 2.69. The number of carboxylic acid groups (broad SMARTS) is 1. The number of ether oxygens (including phenoxy) is 2. The van der Waals surface area contributed by atoms with Crippen LogP contribution >= 0.6 is 0 Å². The maximum absolute atomic E-state index is 14.4. The highest BCUT2D eigenvalue weighted by Crippen LogP contribution is 2.33. The van der Waals surface area contributed by atoms with Crippen molar-refractivity contribution in [3.05, 3.63) is 89.7 Å². The maximum Gasteiger partial charge on any atom is 0.303 e. The zero-order valence-electron chi connectivity index (χ0n) is 15.5. The number of carbonyl (C=O) groups is 1. The van der Waals surface area contributed by atoms with Gasteiger partial charge in [0.05, 0.1) is 0 Å². The van der Waals surface area contributed by atoms with E-state index in [1.807, 2.05) is 61.5 Å². The van der Waals surface area contributed by atoms with Crippen LogP contribution in [-0.4, -0.2) is 11.1 Å². The molecule has 144 valence electrons. The quantitative estimate of drug-likeness (QED) is 0.539. The molecule has 0 aliphatic carbocycles. The van der Waals surface area contributed by atoms with Crippen LogP contribution in [0.3, 0.4) is 0 Å². The second kappa shape index (κ2) is 9.04. The van der Waals surface area contributed by atoms with E-state index in [0.29, 0.717) is 17.1 Å². The van der Waals surface area contributed by atoms with Crippen LogP contribution in [0.1, 0.15) is 30.6 Å². The molecule has 0 aromatic heterocycles. The highest BCUT2D eigenvalue weighted by Gasteiger charge is 2.16. The lowest BCUT2D eigenvalue weighted by Crippen LogP contribution is -2.06. The topological polar surface area (TPSA) is 55.8 Å². The summed E-state index contributed by atoms with van der Waals surface area (Å²) in [6.07, 6.45) is -0.213. The van der Waals surface area contributed by atoms with E-state index in [-0.39, 0.29) is 18.6 Å². The molecule has 0 spiro atoms. The summed E-state index contributed by atoms with van der Waals surface area (Å²) in [5.41, 5.74) is 1.41. The summed E-state index contributed by atoms with van der Waals surface area (Å²) in [5.74, 6) is 0.0254. The normalized spacial score (nSPS) is 11.6. The predicted molar refractivity (Wildman–Crippen MR) is 104 cm³/mol. The summed E-state index contributed by atoms with van der Waals surface area (Å²) >= 11 is 0. The van der Waals surface area contributed by atoms with Crippen molar-refractivity contribution in [3.8, 4) is 17.2 Å². The number of halogens is 1. The molecule has 0 heterocycles. The van der Waals surface area contributed by atoms with Gasteiger partial charge >= 0.3 is 5.97 Å². The maximum atomic E-state index is 14.4. The zero-order chi connectivity index (χ0) is 19.9. The zero-order valence-corrected chi connectivity index (χ0v) is 15.5. The number of rotatable bonds is 8. The van der Waals surface area contributed by atoms with Gasteiger partial charge < -0.3 is 14.6 Å². The molecule has 3 aromatic rings. The van der Waals surface area contributed by atoms with E-state index in [9.17, 15) is 9.18 Å². The van der Waals surface area contributed by atoms with Crippen LogP contribution in [0.4, 0.5) is 4.39 Å². The van der Waals surface area contributed by atoms with E-state index in [0.717, 1.165) is 5.56 Å². The molecule has 0 saturated carbocycles. The first-order chi connectivity index (χ1) is 13.5. The Labute approximate surface area is 163 Å². The molecule has 0 fully saturated rings. The molecule has 0 radical (unpaired) electrons. The van der Waals surface area contributed by atoms with Crippen molar-refractivity contribution in [2.24, 2.45) is 0 Å². The van der Waals surface area contributed by atoms with Gasteiger partial charge in [-0.15, -0.1) is 0 Å². The molecule has 0 amide bonds. The fraction of sp³-hybridized carbons (Fsp3) is 0.174. The molecule has 28 heavy (non-hydrogen) atoms. The fourth-order valence-electron chi connectivity index (χ4n) is 2.83. The third-order valence-electron chi connectivity index (χ3n) is 4.26. The number of para-hydroxylation sites is 2. The van der Waals surface area contributed by atoms with Crippen molar-refractivity contribution < 1.29 is 23.8 Å². The summed E-state index contributed by atoms with van der Waals surface area (Å²) in [5, 5.41) is 8.75. The highest BCUT2D eigenvalue weighted by atomic mass is 19.1. The average molecular weight is 380 g/mol. The number of benzene rings is 3. The third kappa shape index (κ3) is 5.10. The third-order valence-corrected chi connectivity index (χ3v) is 4.26. The molecule has 1 N–H and O–H groups in total. The van der Waals surface area contributed by atoms with Gasteiger partial charge in [-0.05, 0) is 49.2 Å². The molecule has 0 saturated heterocycles. The van der Waals surface area contributed by atoms with Gasteiger partial charge in [-0.1, -0.05) is 42.5 Å². The number of aliphatic carboxylic acids is 1. The fourth-order valence-corrected chi connectivity index (χ4v) is 2.83. The molecule has 3 aromatic carbocycles. The minimum absolute atomic E-state index is 0.0414. The van der Waals surface area contributed by atoms with Gasteiger partial charge in [0.25, 0.3) is 0 Å². The summed E-state index contributed by atoms with van der Waals surface area (Å²) in [6.45, 7) is 1.82. The lowest BCUT2D eigenvalue weighted by molar-refractivity contribution is -0.136. The lowest BCUT2D eigenvalue weighted by Gasteiger charge is -2.19. The van der Waals surface area contributed by atoms with Gasteiger partial charge in [0.2, 0.25) is 0 Å². The van der Waals surface area contributed by atoms with Crippen LogP contribution in [-0.2, 0) is 11.2 Å². The Balaban J connectivity index is 1.74. The van der Waals surface area contributed by atoms with E-state index in [2.05, 4.69) is 0 Å². The van der Waals surface area contributed by atoms with E-state index >= 15 is 0 Å². The second-order valence-electron chi connectivity index (χ2n) is 6.37.